The molecule has 0 saturated heterocycles. The van der Waals surface area contributed by atoms with Gasteiger partial charge in [-0.2, -0.15) is 0 Å². The van der Waals surface area contributed by atoms with Crippen LogP contribution in [0.3, 0.4) is 0 Å². The molecular weight excluding hydrogens is 236 g/mol. The molecule has 3 nitrogen and oxygen atoms in total. The van der Waals surface area contributed by atoms with Crippen LogP contribution in [0.4, 0.5) is 0 Å². The number of nitrogens with two attached hydrogens (primary N) is 1. The van der Waals surface area contributed by atoms with E-state index in [1.165, 1.54) is 25.7 Å². The molecule has 0 aromatic rings. The Bertz CT molecular complexity index is 267. The number of hydrogen-bond donors (Lipinski definition) is 2. The summed E-state index contributed by atoms with van der Waals surface area (Å²) in [6.45, 7) is 7.42. The molecule has 112 valence electrons. The summed E-state index contributed by atoms with van der Waals surface area (Å²) in [5.74, 6) is 1.33. The largest absolute Gasteiger partial charge is 0.356 e. The maximum Gasteiger partial charge on any atom is 0.224 e. The van der Waals surface area contributed by atoms with Gasteiger partial charge in [-0.25, -0.2) is 0 Å². The summed E-state index contributed by atoms with van der Waals surface area (Å²) < 4.78 is 0. The summed E-state index contributed by atoms with van der Waals surface area (Å²) in [6.07, 6.45) is 8.12. The van der Waals surface area contributed by atoms with Gasteiger partial charge in [0.2, 0.25) is 5.91 Å². The van der Waals surface area contributed by atoms with Gasteiger partial charge in [-0.15, -0.1) is 0 Å². The Morgan fingerprint density at radius 1 is 1.37 bits per heavy atom. The lowest BCUT2D eigenvalue weighted by atomic mass is 9.78. The highest BCUT2D eigenvalue weighted by Crippen LogP contribution is 2.28. The third-order valence-corrected chi connectivity index (χ3v) is 4.74. The molecule has 3 N–H and O–H groups in total. The molecular formula is C16H32N2O. The van der Waals surface area contributed by atoms with E-state index in [-0.39, 0.29) is 17.9 Å². The molecule has 4 unspecified atom stereocenters. The van der Waals surface area contributed by atoms with Crippen LogP contribution in [0.25, 0.3) is 0 Å². The summed E-state index contributed by atoms with van der Waals surface area (Å²) in [5, 5.41) is 3.14. The van der Waals surface area contributed by atoms with E-state index in [9.17, 15) is 4.79 Å². The fraction of sp³-hybridized carbons (Fsp3) is 0.938. The molecule has 0 heterocycles. The van der Waals surface area contributed by atoms with Gasteiger partial charge in [-0.3, -0.25) is 4.79 Å². The van der Waals surface area contributed by atoms with Crippen LogP contribution in [0.1, 0.15) is 65.7 Å². The zero-order chi connectivity index (χ0) is 14.3. The van der Waals surface area contributed by atoms with Crippen LogP contribution in [0.2, 0.25) is 0 Å². The predicted molar refractivity (Wildman–Crippen MR) is 80.8 cm³/mol. The maximum atomic E-state index is 12.3. The molecule has 1 fully saturated rings. The Morgan fingerprint density at radius 2 is 2.11 bits per heavy atom. The van der Waals surface area contributed by atoms with Gasteiger partial charge >= 0.3 is 0 Å². The van der Waals surface area contributed by atoms with Crippen LogP contribution in [0, 0.1) is 17.8 Å². The van der Waals surface area contributed by atoms with Gasteiger partial charge in [-0.1, -0.05) is 46.5 Å². The topological polar surface area (TPSA) is 55.1 Å². The van der Waals surface area contributed by atoms with Crippen LogP contribution >= 0.6 is 0 Å². The number of carbonyl (C=O) groups excluding carboxylic acids is 1. The van der Waals surface area contributed by atoms with E-state index in [2.05, 4.69) is 26.1 Å². The normalized spacial score (nSPS) is 28.9. The molecule has 1 aliphatic rings. The monoisotopic (exact) mass is 268 g/mol. The molecule has 0 aromatic carbocycles. The molecule has 0 aromatic heterocycles. The minimum atomic E-state index is 0.0347. The van der Waals surface area contributed by atoms with Gasteiger partial charge in [-0.05, 0) is 31.1 Å². The summed E-state index contributed by atoms with van der Waals surface area (Å²) >= 11 is 0. The molecule has 4 atom stereocenters. The van der Waals surface area contributed by atoms with E-state index in [4.69, 9.17) is 5.73 Å². The van der Waals surface area contributed by atoms with Gasteiger partial charge in [0.15, 0.2) is 0 Å². The van der Waals surface area contributed by atoms with E-state index in [0.717, 1.165) is 25.8 Å². The summed E-state index contributed by atoms with van der Waals surface area (Å²) in [4.78, 5) is 12.3. The van der Waals surface area contributed by atoms with Crippen molar-refractivity contribution in [1.82, 2.24) is 5.32 Å². The van der Waals surface area contributed by atoms with Gasteiger partial charge in [0.05, 0.1) is 5.92 Å². The molecule has 0 radical (unpaired) electrons. The Labute approximate surface area is 118 Å². The second-order valence-electron chi connectivity index (χ2n) is 6.25. The average Bonchev–Trinajstić information content (AvgIpc) is 2.42. The minimum Gasteiger partial charge on any atom is -0.356 e. The fourth-order valence-electron chi connectivity index (χ4n) is 3.07. The molecule has 1 amide bonds. The van der Waals surface area contributed by atoms with Crippen LogP contribution in [0.5, 0.6) is 0 Å². The number of hydrogen-bond acceptors (Lipinski definition) is 2. The highest BCUT2D eigenvalue weighted by Gasteiger charge is 2.32. The number of unbranched alkanes of at least 4 members (excludes halogenated alkanes) is 1. The third-order valence-electron chi connectivity index (χ3n) is 4.74. The molecule has 1 aliphatic carbocycles. The molecule has 3 heteroatoms. The quantitative estimate of drug-likeness (QED) is 0.745. The molecule has 0 bridgehead atoms. The molecule has 0 spiro atoms. The second kappa shape index (κ2) is 8.57. The van der Waals surface area contributed by atoms with Crippen molar-refractivity contribution in [2.45, 2.75) is 71.8 Å². The lowest BCUT2D eigenvalue weighted by molar-refractivity contribution is -0.127. The standard InChI is InChI=1S/C16H32N2O/c1-4-6-9-13(5-2)11-18-16(19)14-10-7-8-12(3)15(14)17/h12-15H,4-11,17H2,1-3H3,(H,18,19). The predicted octanol–water partition coefficient (Wildman–Crippen LogP) is 3.08. The van der Waals surface area contributed by atoms with Gasteiger partial charge < -0.3 is 11.1 Å². The first-order valence-corrected chi connectivity index (χ1v) is 8.13. The van der Waals surface area contributed by atoms with Crippen LogP contribution in [-0.2, 0) is 4.79 Å². The van der Waals surface area contributed by atoms with Crippen molar-refractivity contribution in [2.24, 2.45) is 23.5 Å². The Hall–Kier alpha value is -0.570. The van der Waals surface area contributed by atoms with Crippen molar-refractivity contribution in [2.75, 3.05) is 6.54 Å². The van der Waals surface area contributed by atoms with Gasteiger partial charge in [0.25, 0.3) is 0 Å². The molecule has 0 aliphatic heterocycles. The highest BCUT2D eigenvalue weighted by atomic mass is 16.1. The lowest BCUT2D eigenvalue weighted by Crippen LogP contribution is -2.48. The first kappa shape index (κ1) is 16.5. The van der Waals surface area contributed by atoms with Crippen molar-refractivity contribution >= 4 is 5.91 Å². The van der Waals surface area contributed by atoms with Crippen molar-refractivity contribution in [3.05, 3.63) is 0 Å². The lowest BCUT2D eigenvalue weighted by Gasteiger charge is -2.33. The first-order chi connectivity index (χ1) is 9.10. The smallest absolute Gasteiger partial charge is 0.224 e. The van der Waals surface area contributed by atoms with E-state index in [1.807, 2.05) is 0 Å². The van der Waals surface area contributed by atoms with E-state index >= 15 is 0 Å². The summed E-state index contributed by atoms with van der Waals surface area (Å²) in [7, 11) is 0. The van der Waals surface area contributed by atoms with Crippen LogP contribution in [-0.4, -0.2) is 18.5 Å². The first-order valence-electron chi connectivity index (χ1n) is 8.13. The van der Waals surface area contributed by atoms with E-state index in [0.29, 0.717) is 11.8 Å². The zero-order valence-electron chi connectivity index (χ0n) is 13.0. The maximum absolute atomic E-state index is 12.3. The van der Waals surface area contributed by atoms with E-state index in [1.54, 1.807) is 0 Å². The molecule has 19 heavy (non-hydrogen) atoms. The van der Waals surface area contributed by atoms with Crippen LogP contribution < -0.4 is 11.1 Å². The number of rotatable bonds is 7. The zero-order valence-corrected chi connectivity index (χ0v) is 13.0. The third kappa shape index (κ3) is 5.13. The van der Waals surface area contributed by atoms with Gasteiger partial charge in [0.1, 0.15) is 0 Å². The Morgan fingerprint density at radius 3 is 2.74 bits per heavy atom. The minimum absolute atomic E-state index is 0.0347. The van der Waals surface area contributed by atoms with E-state index < -0.39 is 0 Å². The highest BCUT2D eigenvalue weighted by molar-refractivity contribution is 5.79. The number of nitrogens with one attached hydrogen (secondary N) is 1. The summed E-state index contributed by atoms with van der Waals surface area (Å²) in [5.41, 5.74) is 6.18. The summed E-state index contributed by atoms with van der Waals surface area (Å²) in [6, 6.07) is 0.0458. The molecule has 1 saturated carbocycles. The second-order valence-corrected chi connectivity index (χ2v) is 6.25. The number of carbonyl (C=O) groups is 1. The number of amides is 1. The Balaban J connectivity index is 2.36. The Kier molecular flexibility index (Phi) is 7.44. The van der Waals surface area contributed by atoms with Crippen molar-refractivity contribution in [3.8, 4) is 0 Å². The van der Waals surface area contributed by atoms with Gasteiger partial charge in [0, 0.05) is 12.6 Å². The average molecular weight is 268 g/mol. The van der Waals surface area contributed by atoms with Crippen molar-refractivity contribution < 1.29 is 4.79 Å². The fourth-order valence-corrected chi connectivity index (χ4v) is 3.07. The van der Waals surface area contributed by atoms with Crippen LogP contribution in [0.15, 0.2) is 0 Å². The van der Waals surface area contributed by atoms with Crippen molar-refractivity contribution in [1.29, 1.82) is 0 Å². The SMILES string of the molecule is CCCCC(CC)CNC(=O)C1CCCC(C)C1N. The van der Waals surface area contributed by atoms with Crippen molar-refractivity contribution in [3.63, 3.8) is 0 Å². The molecule has 1 rings (SSSR count).